The van der Waals surface area contributed by atoms with Gasteiger partial charge in [-0.3, -0.25) is 19.3 Å². The van der Waals surface area contributed by atoms with Gasteiger partial charge in [0.2, 0.25) is 11.8 Å². The van der Waals surface area contributed by atoms with Crippen LogP contribution < -0.4 is 25.0 Å². The molecule has 2 fully saturated rings. The molecule has 6 aromatic rings. The number of aliphatic hydroxyl groups excluding tert-OH is 1. The van der Waals surface area contributed by atoms with Gasteiger partial charge in [-0.2, -0.15) is 0 Å². The molecule has 5 atom stereocenters. The Hall–Kier alpha value is -7.43. The molecule has 0 aliphatic carbocycles. The molecule has 1 spiro atoms. The number of anilines is 3. The number of hydrogen-bond acceptors (Lipinski definition) is 10. The molecule has 6 aromatic carbocycles. The topological polar surface area (TPSA) is 139 Å². The molecule has 0 saturated carbocycles. The summed E-state index contributed by atoms with van der Waals surface area (Å²) in [6, 6.07) is 45.8. The Morgan fingerprint density at radius 2 is 1.55 bits per heavy atom. The molecule has 12 heteroatoms. The predicted octanol–water partition coefficient (Wildman–Crippen LogP) is 7.46. The number of benzene rings is 6. The van der Waals surface area contributed by atoms with Gasteiger partial charge in [-0.25, -0.2) is 0 Å². The Balaban J connectivity index is 1.24. The van der Waals surface area contributed by atoms with Crippen LogP contribution in [0.2, 0.25) is 0 Å². The first-order chi connectivity index (χ1) is 32.4. The zero-order valence-corrected chi connectivity index (χ0v) is 36.5. The Morgan fingerprint density at radius 1 is 0.848 bits per heavy atom. The van der Waals surface area contributed by atoms with Crippen molar-refractivity contribution in [3.63, 3.8) is 0 Å². The van der Waals surface area contributed by atoms with E-state index in [4.69, 9.17) is 18.9 Å². The largest absolute Gasteiger partial charge is 0.497 e. The van der Waals surface area contributed by atoms with Crippen LogP contribution in [0.25, 0.3) is 0 Å². The molecule has 12 nitrogen and oxygen atoms in total. The Kier molecular flexibility index (Phi) is 13.1. The molecule has 3 aliphatic heterocycles. The number of morpholine rings is 1. The van der Waals surface area contributed by atoms with E-state index < -0.39 is 29.5 Å². The first-order valence-electron chi connectivity index (χ1n) is 22.0. The van der Waals surface area contributed by atoms with Gasteiger partial charge in [-0.05, 0) is 101 Å². The van der Waals surface area contributed by atoms with E-state index >= 15 is 9.59 Å². The van der Waals surface area contributed by atoms with E-state index in [9.17, 15) is 9.90 Å². The van der Waals surface area contributed by atoms with Crippen LogP contribution in [0.3, 0.4) is 0 Å². The van der Waals surface area contributed by atoms with Gasteiger partial charge in [0, 0.05) is 47.8 Å². The molecule has 3 heterocycles. The van der Waals surface area contributed by atoms with Gasteiger partial charge in [0.25, 0.3) is 6.47 Å². The third kappa shape index (κ3) is 8.72. The van der Waals surface area contributed by atoms with Crippen molar-refractivity contribution in [1.29, 1.82) is 0 Å². The zero-order chi connectivity index (χ0) is 45.5. The van der Waals surface area contributed by atoms with Gasteiger partial charge < -0.3 is 39.6 Å². The molecule has 5 unspecified atom stereocenters. The predicted molar refractivity (Wildman–Crippen MR) is 251 cm³/mol. The van der Waals surface area contributed by atoms with Crippen LogP contribution in [0.1, 0.15) is 51.6 Å². The third-order valence-corrected chi connectivity index (χ3v) is 12.7. The van der Waals surface area contributed by atoms with E-state index in [1.54, 1.807) is 13.2 Å². The van der Waals surface area contributed by atoms with Crippen LogP contribution in [0, 0.1) is 17.8 Å². The van der Waals surface area contributed by atoms with Crippen molar-refractivity contribution < 1.29 is 38.4 Å². The van der Waals surface area contributed by atoms with Crippen molar-refractivity contribution in [2.45, 2.75) is 23.6 Å². The highest BCUT2D eigenvalue weighted by molar-refractivity contribution is 6.12. The Bertz CT molecular complexity index is 2720. The van der Waals surface area contributed by atoms with E-state index in [1.807, 2.05) is 146 Å². The number of methoxy groups -OCH3 is 1. The van der Waals surface area contributed by atoms with Crippen LogP contribution in [0.4, 0.5) is 17.1 Å². The molecule has 3 aliphatic rings. The minimum atomic E-state index is -1.59. The monoisotopic (exact) mass is 882 g/mol. The summed E-state index contributed by atoms with van der Waals surface area (Å²) in [6.45, 7) is 3.17. The number of likely N-dealkylation sites (tertiary alicyclic amines) is 1. The third-order valence-electron chi connectivity index (χ3n) is 12.7. The number of fused-ring (bicyclic) bond motifs is 2. The van der Waals surface area contributed by atoms with Crippen LogP contribution >= 0.6 is 0 Å². The Morgan fingerprint density at radius 3 is 2.24 bits per heavy atom. The van der Waals surface area contributed by atoms with E-state index in [-0.39, 0.29) is 31.6 Å². The van der Waals surface area contributed by atoms with Crippen LogP contribution in [-0.2, 0) is 29.3 Å². The van der Waals surface area contributed by atoms with Crippen LogP contribution in [-0.4, -0.2) is 81.5 Å². The number of rotatable bonds is 14. The molecule has 0 bridgehead atoms. The summed E-state index contributed by atoms with van der Waals surface area (Å²) >= 11 is 0. The van der Waals surface area contributed by atoms with Gasteiger partial charge >= 0.3 is 0 Å². The second-order valence-electron chi connectivity index (χ2n) is 16.4. The summed E-state index contributed by atoms with van der Waals surface area (Å²) in [5.74, 6) is 6.00. The fraction of sp³-hybridized carbons (Fsp3) is 0.241. The van der Waals surface area contributed by atoms with E-state index in [1.165, 1.54) is 0 Å². The van der Waals surface area contributed by atoms with Crippen molar-refractivity contribution >= 4 is 35.3 Å². The van der Waals surface area contributed by atoms with E-state index in [0.29, 0.717) is 59.3 Å². The number of nitrogens with zero attached hydrogens (tertiary/aromatic N) is 2. The molecular weight excluding hydrogens is 833 g/mol. The fourth-order valence-electron chi connectivity index (χ4n) is 9.76. The van der Waals surface area contributed by atoms with E-state index in [0.717, 1.165) is 35.5 Å². The van der Waals surface area contributed by atoms with Gasteiger partial charge in [0.1, 0.15) is 29.6 Å². The normalized spacial score (nSPS) is 19.7. The van der Waals surface area contributed by atoms with Crippen molar-refractivity contribution in [2.75, 3.05) is 68.7 Å². The second-order valence-corrected chi connectivity index (χ2v) is 16.4. The minimum Gasteiger partial charge on any atom is -0.497 e. The average molecular weight is 883 g/mol. The highest BCUT2D eigenvalue weighted by atomic mass is 16.5. The lowest BCUT2D eigenvalue weighted by Gasteiger charge is -2.41. The van der Waals surface area contributed by atoms with Gasteiger partial charge in [0.15, 0.2) is 0 Å². The Labute approximate surface area is 384 Å². The standard InChI is InChI=1S/C54H50N4O8/c1-63-44-24-17-37(18-25-44)15-16-38-19-26-48-46(33-38)54(53(62)56-48)47(52(61)55-42-20-22-43(23-21-42)57-27-30-64-31-28-57)35-58(51(54)41-13-8-14-45(34-41)65-32-29-59)49(39-9-4-2-5-10-39)50(66-36-60)40-11-6-3-7-12-40/h2-14,17-26,33-34,36,47,49-51,59H,27-32,35H2,1H3,(H,55,61)(H,56,62). The summed E-state index contributed by atoms with van der Waals surface area (Å²) < 4.78 is 23.0. The molecule has 334 valence electrons. The summed E-state index contributed by atoms with van der Waals surface area (Å²) in [4.78, 5) is 48.0. The minimum absolute atomic E-state index is 0.0494. The van der Waals surface area contributed by atoms with E-state index in [2.05, 4.69) is 32.3 Å². The van der Waals surface area contributed by atoms with Gasteiger partial charge in [-0.1, -0.05) is 84.6 Å². The second kappa shape index (κ2) is 19.8. The first kappa shape index (κ1) is 43.8. The highest BCUT2D eigenvalue weighted by Gasteiger charge is 2.67. The first-order valence-corrected chi connectivity index (χ1v) is 22.0. The number of nitrogens with one attached hydrogen (secondary N) is 2. The molecule has 0 aromatic heterocycles. The number of carbonyl (C=O) groups is 3. The summed E-state index contributed by atoms with van der Waals surface area (Å²) in [7, 11) is 1.61. The average Bonchev–Trinajstić information content (AvgIpc) is 3.87. The number of ether oxygens (including phenoxy) is 4. The highest BCUT2D eigenvalue weighted by Crippen LogP contribution is 2.61. The number of carbonyl (C=O) groups excluding carboxylic acids is 3. The number of hydrogen-bond donors (Lipinski definition) is 3. The fourth-order valence-corrected chi connectivity index (χ4v) is 9.76. The zero-order valence-electron chi connectivity index (χ0n) is 36.5. The maximum absolute atomic E-state index is 15.6. The molecular formula is C54H50N4O8. The molecule has 9 rings (SSSR count). The lowest BCUT2D eigenvalue weighted by Crippen LogP contribution is -2.48. The maximum Gasteiger partial charge on any atom is 0.293 e. The SMILES string of the molecule is COc1ccc(C#Cc2ccc3c(c2)C2(C(=O)N3)C(C(=O)Nc3ccc(N4CCOCC4)cc3)CN(C(c3ccccc3)C(OC=O)c3ccccc3)C2c2cccc(OCCO)c2)cc1. The molecule has 2 amide bonds. The van der Waals surface area contributed by atoms with Crippen molar-refractivity contribution in [2.24, 2.45) is 5.92 Å². The summed E-state index contributed by atoms with van der Waals surface area (Å²) in [5.41, 5.74) is 4.78. The van der Waals surface area contributed by atoms with Crippen LogP contribution in [0.15, 0.2) is 152 Å². The van der Waals surface area contributed by atoms with Crippen molar-refractivity contribution in [3.8, 4) is 23.3 Å². The lowest BCUT2D eigenvalue weighted by atomic mass is 9.66. The van der Waals surface area contributed by atoms with Gasteiger partial charge in [-0.15, -0.1) is 0 Å². The lowest BCUT2D eigenvalue weighted by molar-refractivity contribution is -0.139. The molecule has 3 N–H and O–H groups in total. The number of aliphatic hydroxyl groups is 1. The van der Waals surface area contributed by atoms with Crippen molar-refractivity contribution in [3.05, 3.63) is 185 Å². The van der Waals surface area contributed by atoms with Crippen LogP contribution in [0.5, 0.6) is 11.5 Å². The van der Waals surface area contributed by atoms with Gasteiger partial charge in [0.05, 0.1) is 44.9 Å². The quantitative estimate of drug-likeness (QED) is 0.0747. The molecule has 66 heavy (non-hydrogen) atoms. The molecule has 0 radical (unpaired) electrons. The smallest absolute Gasteiger partial charge is 0.293 e. The molecule has 2 saturated heterocycles. The summed E-state index contributed by atoms with van der Waals surface area (Å²) in [6.07, 6.45) is -0.875. The van der Waals surface area contributed by atoms with Crippen molar-refractivity contribution in [1.82, 2.24) is 4.90 Å². The number of amides is 2. The summed E-state index contributed by atoms with van der Waals surface area (Å²) in [5, 5.41) is 16.2. The maximum atomic E-state index is 15.6.